The van der Waals surface area contributed by atoms with Gasteiger partial charge in [-0.1, -0.05) is 18.2 Å². The molecule has 4 rings (SSSR count). The van der Waals surface area contributed by atoms with E-state index < -0.39 is 22.4 Å². The van der Waals surface area contributed by atoms with E-state index in [1.165, 1.54) is 24.3 Å². The highest BCUT2D eigenvalue weighted by Crippen LogP contribution is 2.31. The number of nitrogens with zero attached hydrogens (tertiary/aromatic N) is 1. The van der Waals surface area contributed by atoms with Crippen molar-refractivity contribution in [3.63, 3.8) is 0 Å². The molecule has 8 nitrogen and oxygen atoms in total. The number of hydrogen-bond acceptors (Lipinski definition) is 7. The third kappa shape index (κ3) is 4.99. The van der Waals surface area contributed by atoms with Gasteiger partial charge in [0.1, 0.15) is 6.61 Å². The maximum atomic E-state index is 12.8. The van der Waals surface area contributed by atoms with E-state index in [0.717, 1.165) is 17.6 Å². The van der Waals surface area contributed by atoms with E-state index in [2.05, 4.69) is 0 Å². The first-order valence-corrected chi connectivity index (χ1v) is 12.6. The Morgan fingerprint density at radius 2 is 1.79 bits per heavy atom. The minimum atomic E-state index is -3.47. The summed E-state index contributed by atoms with van der Waals surface area (Å²) in [6, 6.07) is 14.8. The molecule has 1 aliphatic rings. The van der Waals surface area contributed by atoms with Crippen molar-refractivity contribution in [2.45, 2.75) is 31.4 Å². The second-order valence-corrected chi connectivity index (χ2v) is 10.2. The molecule has 34 heavy (non-hydrogen) atoms. The van der Waals surface area contributed by atoms with Gasteiger partial charge in [-0.3, -0.25) is 4.79 Å². The van der Waals surface area contributed by atoms with Gasteiger partial charge in [0, 0.05) is 23.2 Å². The molecule has 0 aliphatic carbocycles. The Hall–Kier alpha value is -3.59. The maximum Gasteiger partial charge on any atom is 0.338 e. The molecule has 0 N–H and O–H groups in total. The summed E-state index contributed by atoms with van der Waals surface area (Å²) < 4.78 is 42.4. The van der Waals surface area contributed by atoms with Crippen LogP contribution in [-0.4, -0.2) is 50.3 Å². The zero-order valence-electron chi connectivity index (χ0n) is 19.1. The number of ketones is 1. The quantitative estimate of drug-likeness (QED) is 0.375. The lowest BCUT2D eigenvalue weighted by Gasteiger charge is -2.27. The fourth-order valence-electron chi connectivity index (χ4n) is 3.87. The Morgan fingerprint density at radius 1 is 1.06 bits per heavy atom. The molecule has 1 aromatic heterocycles. The highest BCUT2D eigenvalue weighted by molar-refractivity contribution is 7.90. The number of aromatic nitrogens is 1. The monoisotopic (exact) mass is 483 g/mol. The van der Waals surface area contributed by atoms with E-state index >= 15 is 0 Å². The summed E-state index contributed by atoms with van der Waals surface area (Å²) >= 11 is 0. The van der Waals surface area contributed by atoms with Crippen LogP contribution in [0.2, 0.25) is 0 Å². The van der Waals surface area contributed by atoms with Crippen LogP contribution in [0, 0.1) is 13.8 Å². The molecule has 0 bridgehead atoms. The molecule has 1 atom stereocenters. The van der Waals surface area contributed by atoms with Crippen LogP contribution in [0.15, 0.2) is 59.5 Å². The average molecular weight is 484 g/mol. The number of fused-ring (bicyclic) bond motifs is 1. The third-order valence-corrected chi connectivity index (χ3v) is 6.77. The van der Waals surface area contributed by atoms with Gasteiger partial charge < -0.3 is 18.8 Å². The van der Waals surface area contributed by atoms with E-state index in [0.29, 0.717) is 30.2 Å². The molecule has 2 heterocycles. The zero-order chi connectivity index (χ0) is 24.5. The Bertz CT molecular complexity index is 1360. The predicted octanol–water partition coefficient (Wildman–Crippen LogP) is 3.39. The Labute approximate surface area is 198 Å². The maximum absolute atomic E-state index is 12.8. The normalized spacial score (nSPS) is 15.1. The molecule has 0 fully saturated rings. The van der Waals surface area contributed by atoms with E-state index in [9.17, 15) is 18.0 Å². The van der Waals surface area contributed by atoms with Crippen molar-refractivity contribution < 1.29 is 32.2 Å². The molecule has 0 saturated carbocycles. The standard InChI is InChI=1S/C25H25NO7S/c1-16-11-21(17(2)26(16)13-19-14-31-23-9-4-5-10-24(23)33-19)22(27)15-32-25(28)18-7-6-8-20(12-18)34(3,29)30/h4-12,19H,13-15H2,1-3H3. The van der Waals surface area contributed by atoms with Crippen molar-refractivity contribution in [1.82, 2.24) is 4.57 Å². The van der Waals surface area contributed by atoms with Crippen molar-refractivity contribution >= 4 is 21.6 Å². The van der Waals surface area contributed by atoms with Crippen molar-refractivity contribution in [2.24, 2.45) is 0 Å². The van der Waals surface area contributed by atoms with Gasteiger partial charge in [-0.25, -0.2) is 13.2 Å². The van der Waals surface area contributed by atoms with Gasteiger partial charge in [0.2, 0.25) is 5.78 Å². The van der Waals surface area contributed by atoms with Gasteiger partial charge in [0.05, 0.1) is 17.0 Å². The third-order valence-electron chi connectivity index (χ3n) is 5.66. The zero-order valence-corrected chi connectivity index (χ0v) is 19.9. The van der Waals surface area contributed by atoms with Gasteiger partial charge in [-0.15, -0.1) is 0 Å². The topological polar surface area (TPSA) is 101 Å². The Kier molecular flexibility index (Phi) is 6.47. The molecule has 0 spiro atoms. The van der Waals surface area contributed by atoms with Crippen LogP contribution in [0.1, 0.15) is 32.1 Å². The fraction of sp³-hybridized carbons (Fsp3) is 0.280. The first kappa shape index (κ1) is 23.6. The lowest BCUT2D eigenvalue weighted by molar-refractivity contribution is 0.0474. The summed E-state index contributed by atoms with van der Waals surface area (Å²) in [6.45, 7) is 4.15. The SMILES string of the molecule is Cc1cc(C(=O)COC(=O)c2cccc(S(C)(=O)=O)c2)c(C)n1CC1COc2ccccc2O1. The number of esters is 1. The number of Topliss-reactive ketones (excluding diaryl/α,β-unsaturated/α-hetero) is 1. The summed E-state index contributed by atoms with van der Waals surface area (Å²) in [5, 5.41) is 0. The van der Waals surface area contributed by atoms with Gasteiger partial charge >= 0.3 is 5.97 Å². The lowest BCUT2D eigenvalue weighted by Crippen LogP contribution is -2.33. The summed E-state index contributed by atoms with van der Waals surface area (Å²) in [5.41, 5.74) is 2.12. The summed E-state index contributed by atoms with van der Waals surface area (Å²) in [6.07, 6.45) is 0.836. The fourth-order valence-corrected chi connectivity index (χ4v) is 4.53. The van der Waals surface area contributed by atoms with Crippen LogP contribution in [0.5, 0.6) is 11.5 Å². The number of carbonyl (C=O) groups is 2. The molecular formula is C25H25NO7S. The minimum absolute atomic E-state index is 0.00774. The van der Waals surface area contributed by atoms with Gasteiger partial charge in [0.15, 0.2) is 34.0 Å². The van der Waals surface area contributed by atoms with Gasteiger partial charge in [-0.2, -0.15) is 0 Å². The van der Waals surface area contributed by atoms with Crippen LogP contribution >= 0.6 is 0 Å². The molecule has 9 heteroatoms. The number of para-hydroxylation sites is 2. The second-order valence-electron chi connectivity index (χ2n) is 8.19. The minimum Gasteiger partial charge on any atom is -0.486 e. The van der Waals surface area contributed by atoms with Crippen LogP contribution in [0.3, 0.4) is 0 Å². The molecular weight excluding hydrogens is 458 g/mol. The summed E-state index contributed by atoms with van der Waals surface area (Å²) in [7, 11) is -3.47. The number of ether oxygens (including phenoxy) is 3. The Balaban J connectivity index is 1.42. The summed E-state index contributed by atoms with van der Waals surface area (Å²) in [5.74, 6) is 0.279. The van der Waals surface area contributed by atoms with E-state index in [-0.39, 0.29) is 22.3 Å². The molecule has 1 aliphatic heterocycles. The Morgan fingerprint density at radius 3 is 2.53 bits per heavy atom. The highest BCUT2D eigenvalue weighted by atomic mass is 32.2. The molecule has 178 valence electrons. The number of aryl methyl sites for hydroxylation is 1. The lowest BCUT2D eigenvalue weighted by atomic mass is 10.1. The second kappa shape index (κ2) is 9.34. The molecule has 0 radical (unpaired) electrons. The number of benzene rings is 2. The van der Waals surface area contributed by atoms with Gasteiger partial charge in [-0.05, 0) is 50.2 Å². The molecule has 0 amide bonds. The smallest absolute Gasteiger partial charge is 0.338 e. The van der Waals surface area contributed by atoms with Crippen molar-refractivity contribution in [2.75, 3.05) is 19.5 Å². The first-order valence-electron chi connectivity index (χ1n) is 10.7. The van der Waals surface area contributed by atoms with Gasteiger partial charge in [0.25, 0.3) is 0 Å². The summed E-state index contributed by atoms with van der Waals surface area (Å²) in [4.78, 5) is 25.2. The van der Waals surface area contributed by atoms with Crippen molar-refractivity contribution in [3.8, 4) is 11.5 Å². The van der Waals surface area contributed by atoms with Crippen LogP contribution < -0.4 is 9.47 Å². The van der Waals surface area contributed by atoms with E-state index in [1.54, 1.807) is 6.07 Å². The predicted molar refractivity (Wildman–Crippen MR) is 124 cm³/mol. The number of carbonyl (C=O) groups excluding carboxylic acids is 2. The number of hydrogen-bond donors (Lipinski definition) is 0. The molecule has 2 aromatic carbocycles. The molecule has 3 aromatic rings. The van der Waals surface area contributed by atoms with Crippen LogP contribution in [0.25, 0.3) is 0 Å². The largest absolute Gasteiger partial charge is 0.486 e. The average Bonchev–Trinajstić information content (AvgIpc) is 3.10. The van der Waals surface area contributed by atoms with E-state index in [4.69, 9.17) is 14.2 Å². The number of rotatable bonds is 7. The molecule has 0 saturated heterocycles. The molecule has 1 unspecified atom stereocenters. The number of sulfone groups is 1. The van der Waals surface area contributed by atoms with Crippen molar-refractivity contribution in [3.05, 3.63) is 77.1 Å². The van der Waals surface area contributed by atoms with Crippen LogP contribution in [0.4, 0.5) is 0 Å². The van der Waals surface area contributed by atoms with Crippen LogP contribution in [-0.2, 0) is 21.1 Å². The highest BCUT2D eigenvalue weighted by Gasteiger charge is 2.24. The van der Waals surface area contributed by atoms with Crippen molar-refractivity contribution in [1.29, 1.82) is 0 Å². The first-order chi connectivity index (χ1) is 16.1. The van der Waals surface area contributed by atoms with E-state index in [1.807, 2.05) is 42.7 Å².